The molecule has 1 N–H and O–H groups in total. The fourth-order valence-corrected chi connectivity index (χ4v) is 3.82. The van der Waals surface area contributed by atoms with E-state index in [9.17, 15) is 0 Å². The lowest BCUT2D eigenvalue weighted by atomic mass is 10.0. The molecule has 17 heavy (non-hydrogen) atoms. The van der Waals surface area contributed by atoms with Gasteiger partial charge in [-0.1, -0.05) is 35.3 Å². The summed E-state index contributed by atoms with van der Waals surface area (Å²) in [7, 11) is 0. The maximum Gasteiger partial charge on any atom is 0.0328 e. The Morgan fingerprint density at radius 1 is 1.24 bits per heavy atom. The van der Waals surface area contributed by atoms with E-state index in [-0.39, 0.29) is 0 Å². The van der Waals surface area contributed by atoms with Gasteiger partial charge in [0.05, 0.1) is 0 Å². The summed E-state index contributed by atoms with van der Waals surface area (Å²) >= 11 is 3.56. The SMILES string of the molecule is CC1CCCC1NC1CCc2cc(Br)ccc21. The summed E-state index contributed by atoms with van der Waals surface area (Å²) < 4.78 is 1.21. The lowest BCUT2D eigenvalue weighted by Gasteiger charge is -2.23. The van der Waals surface area contributed by atoms with Crippen molar-refractivity contribution >= 4 is 15.9 Å². The van der Waals surface area contributed by atoms with E-state index in [2.05, 4.69) is 46.4 Å². The summed E-state index contributed by atoms with van der Waals surface area (Å²) in [5, 5.41) is 3.89. The number of hydrogen-bond donors (Lipinski definition) is 1. The molecular formula is C15H20BrN. The highest BCUT2D eigenvalue weighted by Crippen LogP contribution is 2.35. The monoisotopic (exact) mass is 293 g/mol. The molecule has 0 aliphatic heterocycles. The Bertz CT molecular complexity index is 415. The third kappa shape index (κ3) is 2.30. The maximum absolute atomic E-state index is 3.89. The molecule has 3 unspecified atom stereocenters. The van der Waals surface area contributed by atoms with Crippen molar-refractivity contribution in [3.8, 4) is 0 Å². The summed E-state index contributed by atoms with van der Waals surface area (Å²) in [6.45, 7) is 2.39. The first-order valence-corrected chi connectivity index (χ1v) is 7.58. The van der Waals surface area contributed by atoms with Gasteiger partial charge in [0.15, 0.2) is 0 Å². The normalized spacial score (nSPS) is 31.8. The van der Waals surface area contributed by atoms with Gasteiger partial charge in [-0.05, 0) is 54.9 Å². The number of halogens is 1. The molecule has 1 fully saturated rings. The molecule has 1 aromatic carbocycles. The Morgan fingerprint density at radius 3 is 2.88 bits per heavy atom. The molecule has 3 rings (SSSR count). The first-order chi connectivity index (χ1) is 8.24. The van der Waals surface area contributed by atoms with E-state index in [4.69, 9.17) is 0 Å². The fraction of sp³-hybridized carbons (Fsp3) is 0.600. The van der Waals surface area contributed by atoms with Crippen LogP contribution in [0.3, 0.4) is 0 Å². The third-order valence-corrected chi connectivity index (χ3v) is 4.95. The van der Waals surface area contributed by atoms with E-state index in [1.165, 1.54) is 47.7 Å². The zero-order valence-electron chi connectivity index (χ0n) is 10.4. The number of nitrogens with one attached hydrogen (secondary N) is 1. The quantitative estimate of drug-likeness (QED) is 0.861. The zero-order valence-corrected chi connectivity index (χ0v) is 12.0. The van der Waals surface area contributed by atoms with Crippen molar-refractivity contribution in [2.45, 2.75) is 51.1 Å². The molecule has 1 aromatic rings. The molecule has 3 atom stereocenters. The highest BCUT2D eigenvalue weighted by atomic mass is 79.9. The Hall–Kier alpha value is -0.340. The Kier molecular flexibility index (Phi) is 3.27. The van der Waals surface area contributed by atoms with Crippen LogP contribution in [0.25, 0.3) is 0 Å². The Balaban J connectivity index is 1.75. The van der Waals surface area contributed by atoms with E-state index in [1.54, 1.807) is 0 Å². The number of benzene rings is 1. The lowest BCUT2D eigenvalue weighted by Crippen LogP contribution is -2.33. The molecule has 0 saturated heterocycles. The standard InChI is InChI=1S/C15H20BrN/c1-10-3-2-4-14(10)17-15-8-5-11-9-12(16)6-7-13(11)15/h6-7,9-10,14-15,17H,2-5,8H2,1H3. The van der Waals surface area contributed by atoms with Crippen LogP contribution in [-0.2, 0) is 6.42 Å². The largest absolute Gasteiger partial charge is 0.307 e. The minimum atomic E-state index is 0.601. The van der Waals surface area contributed by atoms with Gasteiger partial charge in [-0.15, -0.1) is 0 Å². The van der Waals surface area contributed by atoms with Gasteiger partial charge in [-0.2, -0.15) is 0 Å². The maximum atomic E-state index is 3.89. The van der Waals surface area contributed by atoms with Crippen LogP contribution in [0.15, 0.2) is 22.7 Å². The highest BCUT2D eigenvalue weighted by Gasteiger charge is 2.29. The minimum absolute atomic E-state index is 0.601. The van der Waals surface area contributed by atoms with Gasteiger partial charge in [-0.25, -0.2) is 0 Å². The summed E-state index contributed by atoms with van der Waals surface area (Å²) in [4.78, 5) is 0. The molecule has 0 amide bonds. The molecule has 0 radical (unpaired) electrons. The van der Waals surface area contributed by atoms with Gasteiger partial charge in [0.25, 0.3) is 0 Å². The fourth-order valence-electron chi connectivity index (χ4n) is 3.41. The van der Waals surface area contributed by atoms with Gasteiger partial charge in [-0.3, -0.25) is 0 Å². The number of aryl methyl sites for hydroxylation is 1. The van der Waals surface area contributed by atoms with E-state index < -0.39 is 0 Å². The van der Waals surface area contributed by atoms with Crippen LogP contribution >= 0.6 is 15.9 Å². The second kappa shape index (κ2) is 4.74. The van der Waals surface area contributed by atoms with Crippen molar-refractivity contribution in [3.63, 3.8) is 0 Å². The predicted octanol–water partition coefficient (Wildman–Crippen LogP) is 4.21. The van der Waals surface area contributed by atoms with Gasteiger partial charge in [0.1, 0.15) is 0 Å². The molecule has 2 aliphatic rings. The molecule has 2 heteroatoms. The van der Waals surface area contributed by atoms with E-state index in [1.807, 2.05) is 0 Å². The summed E-state index contributed by atoms with van der Waals surface area (Å²) in [5.74, 6) is 0.856. The average molecular weight is 294 g/mol. The van der Waals surface area contributed by atoms with Gasteiger partial charge in [0.2, 0.25) is 0 Å². The topological polar surface area (TPSA) is 12.0 Å². The first kappa shape index (κ1) is 11.7. The summed E-state index contributed by atoms with van der Waals surface area (Å²) in [5.41, 5.74) is 3.06. The van der Waals surface area contributed by atoms with Crippen molar-refractivity contribution in [1.29, 1.82) is 0 Å². The van der Waals surface area contributed by atoms with Crippen molar-refractivity contribution in [2.75, 3.05) is 0 Å². The van der Waals surface area contributed by atoms with Crippen molar-refractivity contribution in [3.05, 3.63) is 33.8 Å². The molecule has 0 bridgehead atoms. The molecule has 0 aromatic heterocycles. The number of fused-ring (bicyclic) bond motifs is 1. The molecular weight excluding hydrogens is 274 g/mol. The molecule has 0 heterocycles. The van der Waals surface area contributed by atoms with Crippen molar-refractivity contribution < 1.29 is 0 Å². The lowest BCUT2D eigenvalue weighted by molar-refractivity contribution is 0.374. The van der Waals surface area contributed by atoms with Crippen LogP contribution < -0.4 is 5.32 Å². The van der Waals surface area contributed by atoms with Gasteiger partial charge < -0.3 is 5.32 Å². The number of hydrogen-bond acceptors (Lipinski definition) is 1. The van der Waals surface area contributed by atoms with Crippen LogP contribution in [0.1, 0.15) is 49.8 Å². The first-order valence-electron chi connectivity index (χ1n) is 6.78. The van der Waals surface area contributed by atoms with Crippen LogP contribution in [0.5, 0.6) is 0 Å². The third-order valence-electron chi connectivity index (χ3n) is 4.46. The van der Waals surface area contributed by atoms with Crippen LogP contribution in [0.4, 0.5) is 0 Å². The molecule has 1 saturated carbocycles. The molecule has 92 valence electrons. The van der Waals surface area contributed by atoms with Crippen LogP contribution in [-0.4, -0.2) is 6.04 Å². The summed E-state index contributed by atoms with van der Waals surface area (Å²) in [6.07, 6.45) is 6.67. The molecule has 1 nitrogen and oxygen atoms in total. The highest BCUT2D eigenvalue weighted by molar-refractivity contribution is 9.10. The number of rotatable bonds is 2. The average Bonchev–Trinajstić information content (AvgIpc) is 2.87. The van der Waals surface area contributed by atoms with Gasteiger partial charge in [0, 0.05) is 16.6 Å². The Labute approximate surface area is 112 Å². The van der Waals surface area contributed by atoms with Crippen LogP contribution in [0.2, 0.25) is 0 Å². The van der Waals surface area contributed by atoms with Crippen molar-refractivity contribution in [1.82, 2.24) is 5.32 Å². The van der Waals surface area contributed by atoms with Crippen LogP contribution in [0, 0.1) is 5.92 Å². The second-order valence-corrected chi connectivity index (χ2v) is 6.53. The van der Waals surface area contributed by atoms with E-state index in [0.717, 1.165) is 12.0 Å². The minimum Gasteiger partial charge on any atom is -0.307 e. The summed E-state index contributed by atoms with van der Waals surface area (Å²) in [6, 6.07) is 8.11. The van der Waals surface area contributed by atoms with E-state index >= 15 is 0 Å². The Morgan fingerprint density at radius 2 is 2.12 bits per heavy atom. The molecule has 2 aliphatic carbocycles. The zero-order chi connectivity index (χ0) is 11.8. The second-order valence-electron chi connectivity index (χ2n) is 5.62. The predicted molar refractivity (Wildman–Crippen MR) is 75.1 cm³/mol. The molecule has 0 spiro atoms. The van der Waals surface area contributed by atoms with Gasteiger partial charge >= 0.3 is 0 Å². The smallest absolute Gasteiger partial charge is 0.0328 e. The van der Waals surface area contributed by atoms with E-state index in [0.29, 0.717) is 6.04 Å². The van der Waals surface area contributed by atoms with Crippen molar-refractivity contribution in [2.24, 2.45) is 5.92 Å².